The van der Waals surface area contributed by atoms with Crippen LogP contribution in [0, 0.1) is 0 Å². The molecule has 90 valence electrons. The number of benzene rings is 1. The summed E-state index contributed by atoms with van der Waals surface area (Å²) in [4.78, 5) is 9.38. The van der Waals surface area contributed by atoms with Gasteiger partial charge in [0, 0.05) is 9.37 Å². The maximum Gasteiger partial charge on any atom is 0.225 e. The minimum Gasteiger partial charge on any atom is -0.261 e. The molecule has 0 fully saturated rings. The fourth-order valence-electron chi connectivity index (χ4n) is 1.49. The first-order chi connectivity index (χ1) is 8.74. The fraction of sp³-hybridized carbons (Fsp3) is 0. The normalized spacial score (nSPS) is 11.0. The van der Waals surface area contributed by atoms with Gasteiger partial charge in [-0.3, -0.25) is 5.10 Å². The number of H-pyrrole nitrogens is 1. The molecule has 18 heavy (non-hydrogen) atoms. The lowest BCUT2D eigenvalue weighted by atomic mass is 10.4. The van der Waals surface area contributed by atoms with E-state index in [0.29, 0.717) is 5.65 Å². The Labute approximate surface area is 120 Å². The number of aromatic nitrogens is 4. The molecule has 0 bridgehead atoms. The van der Waals surface area contributed by atoms with Crippen LogP contribution in [0.4, 0.5) is 0 Å². The van der Waals surface area contributed by atoms with Crippen LogP contribution < -0.4 is 0 Å². The molecule has 0 atom stereocenters. The summed E-state index contributed by atoms with van der Waals surface area (Å²) in [6.07, 6.45) is 1.70. The molecule has 3 rings (SSSR count). The Morgan fingerprint density at radius 2 is 2.06 bits per heavy atom. The lowest BCUT2D eigenvalue weighted by Gasteiger charge is -2.04. The lowest BCUT2D eigenvalue weighted by Crippen LogP contribution is -1.88. The van der Waals surface area contributed by atoms with Crippen LogP contribution in [-0.2, 0) is 0 Å². The van der Waals surface area contributed by atoms with Crippen molar-refractivity contribution in [3.8, 4) is 0 Å². The van der Waals surface area contributed by atoms with Crippen LogP contribution in [0.15, 0.2) is 44.9 Å². The van der Waals surface area contributed by atoms with Gasteiger partial charge in [-0.15, -0.1) is 0 Å². The van der Waals surface area contributed by atoms with Crippen molar-refractivity contribution in [3.63, 3.8) is 0 Å². The molecule has 0 unspecified atom stereocenters. The summed E-state index contributed by atoms with van der Waals surface area (Å²) in [7, 11) is 0. The molecule has 0 saturated carbocycles. The predicted octanol–water partition coefficient (Wildman–Crippen LogP) is 3.92. The molecule has 2 aromatic heterocycles. The Morgan fingerprint density at radius 3 is 2.89 bits per heavy atom. The van der Waals surface area contributed by atoms with E-state index in [-0.39, 0.29) is 5.28 Å². The van der Waals surface area contributed by atoms with E-state index in [4.69, 9.17) is 11.6 Å². The Morgan fingerprint density at radius 1 is 1.22 bits per heavy atom. The second kappa shape index (κ2) is 4.87. The van der Waals surface area contributed by atoms with Crippen molar-refractivity contribution in [3.05, 3.63) is 40.2 Å². The topological polar surface area (TPSA) is 54.5 Å². The zero-order valence-corrected chi connectivity index (χ0v) is 12.1. The first-order valence-corrected chi connectivity index (χ1v) is 7.02. The second-order valence-corrected chi connectivity index (χ2v) is 5.69. The third-order valence-corrected chi connectivity index (χ3v) is 4.49. The third-order valence-electron chi connectivity index (χ3n) is 2.29. The van der Waals surface area contributed by atoms with Crippen LogP contribution in [0.1, 0.15) is 0 Å². The number of hydrogen-bond acceptors (Lipinski definition) is 4. The Balaban J connectivity index is 2.10. The summed E-state index contributed by atoms with van der Waals surface area (Å²) >= 11 is 10.9. The summed E-state index contributed by atoms with van der Waals surface area (Å²) in [6, 6.07) is 7.94. The highest BCUT2D eigenvalue weighted by atomic mass is 79.9. The Kier molecular flexibility index (Phi) is 3.23. The van der Waals surface area contributed by atoms with E-state index in [1.54, 1.807) is 6.20 Å². The largest absolute Gasteiger partial charge is 0.261 e. The van der Waals surface area contributed by atoms with E-state index in [0.717, 1.165) is 19.8 Å². The van der Waals surface area contributed by atoms with Crippen molar-refractivity contribution in [1.82, 2.24) is 20.2 Å². The van der Waals surface area contributed by atoms with E-state index in [1.165, 1.54) is 11.8 Å². The van der Waals surface area contributed by atoms with E-state index in [9.17, 15) is 0 Å². The standard InChI is InChI=1S/C11H6BrClN4S/c12-7-3-1-2-4-8(7)18-10-6-5-14-17-9(6)15-11(13)16-10/h1-5H,(H,14,15,16,17). The van der Waals surface area contributed by atoms with Crippen molar-refractivity contribution in [2.24, 2.45) is 0 Å². The summed E-state index contributed by atoms with van der Waals surface area (Å²) < 4.78 is 1.02. The quantitative estimate of drug-likeness (QED) is 0.567. The van der Waals surface area contributed by atoms with Gasteiger partial charge in [0.05, 0.1) is 11.6 Å². The van der Waals surface area contributed by atoms with Gasteiger partial charge in [0.1, 0.15) is 5.03 Å². The van der Waals surface area contributed by atoms with Gasteiger partial charge in [0.15, 0.2) is 5.65 Å². The smallest absolute Gasteiger partial charge is 0.225 e. The van der Waals surface area contributed by atoms with Gasteiger partial charge in [-0.25, -0.2) is 4.98 Å². The zero-order valence-electron chi connectivity index (χ0n) is 8.89. The molecule has 1 N–H and O–H groups in total. The zero-order chi connectivity index (χ0) is 12.5. The molecule has 0 spiro atoms. The number of fused-ring (bicyclic) bond motifs is 1. The average Bonchev–Trinajstić information content (AvgIpc) is 2.80. The molecule has 7 heteroatoms. The molecular formula is C11H6BrClN4S. The van der Waals surface area contributed by atoms with Gasteiger partial charge in [-0.1, -0.05) is 23.9 Å². The van der Waals surface area contributed by atoms with Crippen molar-refractivity contribution < 1.29 is 0 Å². The van der Waals surface area contributed by atoms with Gasteiger partial charge in [0.25, 0.3) is 0 Å². The number of hydrogen-bond donors (Lipinski definition) is 1. The highest BCUT2D eigenvalue weighted by Gasteiger charge is 2.11. The van der Waals surface area contributed by atoms with Crippen LogP contribution in [-0.4, -0.2) is 20.2 Å². The highest BCUT2D eigenvalue weighted by Crippen LogP contribution is 2.35. The second-order valence-electron chi connectivity index (χ2n) is 3.46. The van der Waals surface area contributed by atoms with E-state index in [1.807, 2.05) is 24.3 Å². The number of nitrogens with one attached hydrogen (secondary N) is 1. The van der Waals surface area contributed by atoms with Crippen LogP contribution >= 0.6 is 39.3 Å². The molecule has 0 aliphatic heterocycles. The van der Waals surface area contributed by atoms with Crippen molar-refractivity contribution in [1.29, 1.82) is 0 Å². The number of rotatable bonds is 2. The van der Waals surface area contributed by atoms with Gasteiger partial charge in [0.2, 0.25) is 5.28 Å². The summed E-state index contributed by atoms with van der Waals surface area (Å²) in [5, 5.41) is 8.60. The predicted molar refractivity (Wildman–Crippen MR) is 75.0 cm³/mol. The number of aromatic amines is 1. The fourth-order valence-corrected chi connectivity index (χ4v) is 3.15. The molecule has 1 aromatic carbocycles. The average molecular weight is 342 g/mol. The molecule has 0 saturated heterocycles. The Hall–Kier alpha value is -1.11. The molecule has 2 heterocycles. The van der Waals surface area contributed by atoms with Gasteiger partial charge < -0.3 is 0 Å². The lowest BCUT2D eigenvalue weighted by molar-refractivity contribution is 1.07. The number of nitrogens with zero attached hydrogens (tertiary/aromatic N) is 3. The van der Waals surface area contributed by atoms with Crippen molar-refractivity contribution in [2.75, 3.05) is 0 Å². The monoisotopic (exact) mass is 340 g/mol. The van der Waals surface area contributed by atoms with Gasteiger partial charge >= 0.3 is 0 Å². The molecule has 0 aliphatic carbocycles. The number of halogens is 2. The SMILES string of the molecule is Clc1nc(Sc2ccccc2Br)c2cn[nH]c2n1. The summed E-state index contributed by atoms with van der Waals surface area (Å²) in [5.41, 5.74) is 0.643. The summed E-state index contributed by atoms with van der Waals surface area (Å²) in [5.74, 6) is 0. The molecular weight excluding hydrogens is 336 g/mol. The van der Waals surface area contributed by atoms with E-state index >= 15 is 0 Å². The molecule has 0 amide bonds. The first-order valence-electron chi connectivity index (χ1n) is 5.03. The molecule has 0 radical (unpaired) electrons. The van der Waals surface area contributed by atoms with E-state index < -0.39 is 0 Å². The van der Waals surface area contributed by atoms with Crippen molar-refractivity contribution >= 4 is 50.3 Å². The highest BCUT2D eigenvalue weighted by molar-refractivity contribution is 9.10. The van der Waals surface area contributed by atoms with E-state index in [2.05, 4.69) is 36.1 Å². The van der Waals surface area contributed by atoms with Crippen LogP contribution in [0.25, 0.3) is 11.0 Å². The molecule has 3 aromatic rings. The summed E-state index contributed by atoms with van der Waals surface area (Å²) in [6.45, 7) is 0. The van der Waals surface area contributed by atoms with Gasteiger partial charge in [-0.2, -0.15) is 10.1 Å². The van der Waals surface area contributed by atoms with Crippen LogP contribution in [0.3, 0.4) is 0 Å². The maximum absolute atomic E-state index is 5.89. The maximum atomic E-state index is 5.89. The first kappa shape index (κ1) is 12.0. The van der Waals surface area contributed by atoms with Crippen LogP contribution in [0.5, 0.6) is 0 Å². The minimum absolute atomic E-state index is 0.210. The van der Waals surface area contributed by atoms with Gasteiger partial charge in [-0.05, 0) is 39.7 Å². The minimum atomic E-state index is 0.210. The molecule has 0 aliphatic rings. The van der Waals surface area contributed by atoms with Crippen molar-refractivity contribution in [2.45, 2.75) is 9.92 Å². The molecule has 4 nitrogen and oxygen atoms in total. The third kappa shape index (κ3) is 2.23. The Bertz CT molecular complexity index is 715. The van der Waals surface area contributed by atoms with Crippen LogP contribution in [0.2, 0.25) is 5.28 Å².